The largest absolute Gasteiger partial charge is 0.393 e. The van der Waals surface area contributed by atoms with Gasteiger partial charge in [-0.05, 0) is 25.7 Å². The average Bonchev–Trinajstić information content (AvgIpc) is 2.21. The molecule has 0 radical (unpaired) electrons. The highest BCUT2D eigenvalue weighted by atomic mass is 32.2. The molecule has 0 saturated heterocycles. The van der Waals surface area contributed by atoms with Gasteiger partial charge in [0, 0.05) is 18.3 Å². The topological polar surface area (TPSA) is 32.3 Å². The van der Waals surface area contributed by atoms with Gasteiger partial charge in [-0.15, -0.1) is 18.2 Å². The molecule has 0 bridgehead atoms. The molecule has 14 heavy (non-hydrogen) atoms. The van der Waals surface area contributed by atoms with Crippen molar-refractivity contribution in [3.8, 4) is 12.3 Å². The minimum Gasteiger partial charge on any atom is -0.393 e. The van der Waals surface area contributed by atoms with Gasteiger partial charge in [-0.3, -0.25) is 0 Å². The molecule has 1 fully saturated rings. The molecule has 2 N–H and O–H groups in total. The molecule has 1 saturated carbocycles. The van der Waals surface area contributed by atoms with Crippen molar-refractivity contribution in [3.63, 3.8) is 0 Å². The lowest BCUT2D eigenvalue weighted by Crippen LogP contribution is -2.35. The van der Waals surface area contributed by atoms with Crippen molar-refractivity contribution in [2.45, 2.75) is 37.8 Å². The van der Waals surface area contributed by atoms with Crippen molar-refractivity contribution in [2.24, 2.45) is 0 Å². The molecule has 0 unspecified atom stereocenters. The highest BCUT2D eigenvalue weighted by Crippen LogP contribution is 2.18. The average molecular weight is 213 g/mol. The van der Waals surface area contributed by atoms with Gasteiger partial charge in [-0.1, -0.05) is 5.92 Å². The van der Waals surface area contributed by atoms with Crippen LogP contribution >= 0.6 is 11.8 Å². The molecule has 0 spiro atoms. The summed E-state index contributed by atoms with van der Waals surface area (Å²) in [6.07, 6.45) is 9.23. The molecule has 3 heteroatoms. The fraction of sp³-hybridized carbons (Fsp3) is 0.818. The van der Waals surface area contributed by atoms with Crippen molar-refractivity contribution in [1.29, 1.82) is 0 Å². The van der Waals surface area contributed by atoms with Crippen LogP contribution in [-0.2, 0) is 0 Å². The molecule has 0 aliphatic heterocycles. The monoisotopic (exact) mass is 213 g/mol. The summed E-state index contributed by atoms with van der Waals surface area (Å²) >= 11 is 1.79. The Morgan fingerprint density at radius 2 is 2.07 bits per heavy atom. The third kappa shape index (κ3) is 4.90. The fourth-order valence-corrected chi connectivity index (χ4v) is 2.27. The Bertz CT molecular complexity index is 182. The number of terminal acetylenes is 1. The van der Waals surface area contributed by atoms with Gasteiger partial charge in [0.05, 0.1) is 11.9 Å². The molecule has 0 heterocycles. The van der Waals surface area contributed by atoms with Crippen LogP contribution in [0.25, 0.3) is 0 Å². The summed E-state index contributed by atoms with van der Waals surface area (Å²) < 4.78 is 0. The molecular formula is C11H19NOS. The van der Waals surface area contributed by atoms with Gasteiger partial charge in [0.25, 0.3) is 0 Å². The lowest BCUT2D eigenvalue weighted by Gasteiger charge is -2.26. The number of hydrogen-bond acceptors (Lipinski definition) is 3. The van der Waals surface area contributed by atoms with Crippen LogP contribution in [0.3, 0.4) is 0 Å². The van der Waals surface area contributed by atoms with E-state index in [1.165, 1.54) is 0 Å². The van der Waals surface area contributed by atoms with Crippen molar-refractivity contribution in [2.75, 3.05) is 18.1 Å². The Morgan fingerprint density at radius 1 is 1.36 bits per heavy atom. The van der Waals surface area contributed by atoms with E-state index in [9.17, 15) is 5.11 Å². The Morgan fingerprint density at radius 3 is 2.71 bits per heavy atom. The Kier molecular flexibility index (Phi) is 6.09. The maximum absolute atomic E-state index is 9.31. The van der Waals surface area contributed by atoms with E-state index in [1.807, 2.05) is 0 Å². The van der Waals surface area contributed by atoms with Gasteiger partial charge >= 0.3 is 0 Å². The zero-order valence-corrected chi connectivity index (χ0v) is 9.35. The van der Waals surface area contributed by atoms with Crippen molar-refractivity contribution in [1.82, 2.24) is 5.32 Å². The van der Waals surface area contributed by atoms with Crippen molar-refractivity contribution in [3.05, 3.63) is 0 Å². The van der Waals surface area contributed by atoms with E-state index >= 15 is 0 Å². The maximum Gasteiger partial charge on any atom is 0.0545 e. The van der Waals surface area contributed by atoms with E-state index in [0.29, 0.717) is 6.04 Å². The van der Waals surface area contributed by atoms with E-state index in [-0.39, 0.29) is 6.10 Å². The third-order valence-corrected chi connectivity index (χ3v) is 3.43. The second-order valence-corrected chi connectivity index (χ2v) is 4.82. The fourth-order valence-electron chi connectivity index (χ4n) is 1.75. The number of nitrogens with one attached hydrogen (secondary N) is 1. The van der Waals surface area contributed by atoms with Crippen molar-refractivity contribution < 1.29 is 5.11 Å². The summed E-state index contributed by atoms with van der Waals surface area (Å²) in [5, 5.41) is 12.8. The second-order valence-electron chi connectivity index (χ2n) is 3.72. The molecule has 0 aromatic heterocycles. The molecule has 1 aliphatic carbocycles. The summed E-state index contributed by atoms with van der Waals surface area (Å²) in [4.78, 5) is 0. The summed E-state index contributed by atoms with van der Waals surface area (Å²) in [7, 11) is 0. The first-order chi connectivity index (χ1) is 6.83. The van der Waals surface area contributed by atoms with Crippen LogP contribution in [-0.4, -0.2) is 35.3 Å². The Labute approximate surface area is 90.8 Å². The van der Waals surface area contributed by atoms with Gasteiger partial charge in [-0.2, -0.15) is 0 Å². The number of aliphatic hydroxyl groups is 1. The van der Waals surface area contributed by atoms with Crippen LogP contribution in [0.15, 0.2) is 0 Å². The van der Waals surface area contributed by atoms with Crippen LogP contribution in [0.1, 0.15) is 25.7 Å². The highest BCUT2D eigenvalue weighted by Gasteiger charge is 2.18. The van der Waals surface area contributed by atoms with Gasteiger partial charge in [-0.25, -0.2) is 0 Å². The molecule has 0 aromatic rings. The van der Waals surface area contributed by atoms with Crippen LogP contribution in [0.5, 0.6) is 0 Å². The number of aliphatic hydroxyl groups excluding tert-OH is 1. The molecule has 0 aromatic carbocycles. The zero-order chi connectivity index (χ0) is 10.2. The van der Waals surface area contributed by atoms with E-state index in [4.69, 9.17) is 6.42 Å². The zero-order valence-electron chi connectivity index (χ0n) is 8.54. The predicted molar refractivity (Wildman–Crippen MR) is 62.4 cm³/mol. The molecule has 0 amide bonds. The first-order valence-electron chi connectivity index (χ1n) is 5.25. The Balaban J connectivity index is 1.94. The quantitative estimate of drug-likeness (QED) is 0.532. The van der Waals surface area contributed by atoms with Gasteiger partial charge < -0.3 is 10.4 Å². The lowest BCUT2D eigenvalue weighted by molar-refractivity contribution is 0.117. The second kappa shape index (κ2) is 7.17. The van der Waals surface area contributed by atoms with Gasteiger partial charge in [0.15, 0.2) is 0 Å². The van der Waals surface area contributed by atoms with Crippen LogP contribution in [0.4, 0.5) is 0 Å². The van der Waals surface area contributed by atoms with Crippen molar-refractivity contribution >= 4 is 11.8 Å². The first-order valence-corrected chi connectivity index (χ1v) is 6.41. The van der Waals surface area contributed by atoms with E-state index in [0.717, 1.165) is 43.7 Å². The number of thioether (sulfide) groups is 1. The smallest absolute Gasteiger partial charge is 0.0545 e. The highest BCUT2D eigenvalue weighted by molar-refractivity contribution is 7.99. The maximum atomic E-state index is 9.31. The molecule has 80 valence electrons. The van der Waals surface area contributed by atoms with E-state index in [1.54, 1.807) is 11.8 Å². The van der Waals surface area contributed by atoms with Crippen LogP contribution < -0.4 is 5.32 Å². The SMILES string of the molecule is C#CCSCCNC1CCC(O)CC1. The van der Waals surface area contributed by atoms with Crippen LogP contribution in [0, 0.1) is 12.3 Å². The number of rotatable bonds is 5. The van der Waals surface area contributed by atoms with Gasteiger partial charge in [0.2, 0.25) is 0 Å². The first kappa shape index (κ1) is 11.9. The molecule has 1 rings (SSSR count). The molecular weight excluding hydrogens is 194 g/mol. The lowest BCUT2D eigenvalue weighted by atomic mass is 9.93. The molecule has 1 aliphatic rings. The Hall–Kier alpha value is -0.170. The standard InChI is InChI=1S/C11H19NOS/c1-2-8-14-9-7-12-10-3-5-11(13)6-4-10/h1,10-13H,3-9H2. The van der Waals surface area contributed by atoms with E-state index < -0.39 is 0 Å². The summed E-state index contributed by atoms with van der Waals surface area (Å²) in [6.45, 7) is 1.03. The summed E-state index contributed by atoms with van der Waals surface area (Å²) in [5.41, 5.74) is 0. The predicted octanol–water partition coefficient (Wildman–Crippen LogP) is 1.25. The van der Waals surface area contributed by atoms with E-state index in [2.05, 4.69) is 11.2 Å². The minimum absolute atomic E-state index is 0.0520. The summed E-state index contributed by atoms with van der Waals surface area (Å²) in [5.74, 6) is 4.51. The van der Waals surface area contributed by atoms with Gasteiger partial charge in [0.1, 0.15) is 0 Å². The number of hydrogen-bond donors (Lipinski definition) is 2. The normalized spacial score (nSPS) is 27.1. The summed E-state index contributed by atoms with van der Waals surface area (Å²) in [6, 6.07) is 0.616. The minimum atomic E-state index is -0.0520. The molecule has 0 atom stereocenters. The third-order valence-electron chi connectivity index (χ3n) is 2.56. The van der Waals surface area contributed by atoms with Crippen LogP contribution in [0.2, 0.25) is 0 Å². The molecule has 2 nitrogen and oxygen atoms in total.